The Balaban J connectivity index is 1.98. The van der Waals surface area contributed by atoms with E-state index in [0.29, 0.717) is 6.54 Å². The number of amides is 1. The van der Waals surface area contributed by atoms with Crippen LogP contribution in [0.15, 0.2) is 24.3 Å². The molecule has 2 N–H and O–H groups in total. The quantitative estimate of drug-likeness (QED) is 0.858. The smallest absolute Gasteiger partial charge is 0.263 e. The van der Waals surface area contributed by atoms with Crippen molar-refractivity contribution in [3.05, 3.63) is 24.3 Å². The molecule has 1 atom stereocenters. The number of para-hydroxylation sites is 2. The number of anilines is 1. The molecule has 1 aliphatic heterocycles. The van der Waals surface area contributed by atoms with Crippen LogP contribution in [-0.4, -0.2) is 24.6 Å². The maximum absolute atomic E-state index is 12.1. The molecular weight excluding hydrogens is 228 g/mol. The van der Waals surface area contributed by atoms with Gasteiger partial charge in [0.2, 0.25) is 0 Å². The van der Waals surface area contributed by atoms with Crippen LogP contribution in [0.25, 0.3) is 0 Å². The summed E-state index contributed by atoms with van der Waals surface area (Å²) in [5.74, 6) is 0.708. The number of fused-ring (bicyclic) bond motifs is 1. The fraction of sp³-hybridized carbons (Fsp3) is 0.500. The van der Waals surface area contributed by atoms with Gasteiger partial charge in [-0.15, -0.1) is 0 Å². The van der Waals surface area contributed by atoms with E-state index < -0.39 is 6.10 Å². The van der Waals surface area contributed by atoms with E-state index in [1.54, 1.807) is 0 Å². The summed E-state index contributed by atoms with van der Waals surface area (Å²) in [6.45, 7) is 4.66. The van der Waals surface area contributed by atoms with Crippen LogP contribution in [0.3, 0.4) is 0 Å². The molecule has 1 heterocycles. The van der Waals surface area contributed by atoms with E-state index in [1.165, 1.54) is 0 Å². The van der Waals surface area contributed by atoms with Crippen LogP contribution < -0.4 is 15.4 Å². The van der Waals surface area contributed by atoms with Crippen LogP contribution in [0.2, 0.25) is 0 Å². The summed E-state index contributed by atoms with van der Waals surface area (Å²) in [5, 5.41) is 6.23. The second kappa shape index (κ2) is 5.76. The van der Waals surface area contributed by atoms with Crippen LogP contribution in [0.5, 0.6) is 5.75 Å². The van der Waals surface area contributed by atoms with Crippen molar-refractivity contribution in [1.82, 2.24) is 5.32 Å². The number of hydrogen-bond donors (Lipinski definition) is 2. The van der Waals surface area contributed by atoms with Crippen LogP contribution in [0.1, 0.15) is 26.7 Å². The normalized spacial score (nSPS) is 17.6. The fourth-order valence-electron chi connectivity index (χ4n) is 2.05. The summed E-state index contributed by atoms with van der Waals surface area (Å²) in [6, 6.07) is 7.91. The molecule has 18 heavy (non-hydrogen) atoms. The molecule has 98 valence electrons. The van der Waals surface area contributed by atoms with E-state index in [9.17, 15) is 4.79 Å². The minimum atomic E-state index is -0.444. The highest BCUT2D eigenvalue weighted by Crippen LogP contribution is 2.28. The number of nitrogens with one attached hydrogen (secondary N) is 2. The summed E-state index contributed by atoms with van der Waals surface area (Å²) in [6.07, 6.45) is 1.44. The highest BCUT2D eigenvalue weighted by Gasteiger charge is 2.26. The number of carbonyl (C=O) groups excluding carboxylic acids is 1. The summed E-state index contributed by atoms with van der Waals surface area (Å²) >= 11 is 0. The maximum atomic E-state index is 12.1. The first-order valence-corrected chi connectivity index (χ1v) is 6.54. The zero-order valence-electron chi connectivity index (χ0n) is 10.9. The van der Waals surface area contributed by atoms with Crippen LogP contribution in [-0.2, 0) is 4.79 Å². The highest BCUT2D eigenvalue weighted by atomic mass is 16.5. The first-order chi connectivity index (χ1) is 8.74. The average molecular weight is 248 g/mol. The predicted molar refractivity (Wildman–Crippen MR) is 71.9 cm³/mol. The predicted octanol–water partition coefficient (Wildman–Crippen LogP) is 2.16. The van der Waals surface area contributed by atoms with Gasteiger partial charge in [-0.25, -0.2) is 0 Å². The summed E-state index contributed by atoms with van der Waals surface area (Å²) in [5.41, 5.74) is 0.948. The molecular formula is C14H20N2O2. The number of rotatable bonds is 4. The Labute approximate surface area is 108 Å². The third kappa shape index (κ3) is 2.75. The van der Waals surface area contributed by atoms with Gasteiger partial charge in [-0.2, -0.15) is 0 Å². The van der Waals surface area contributed by atoms with Gasteiger partial charge in [0, 0.05) is 6.04 Å². The molecule has 0 fully saturated rings. The van der Waals surface area contributed by atoms with E-state index in [4.69, 9.17) is 4.74 Å². The lowest BCUT2D eigenvalue weighted by Gasteiger charge is -2.27. The first kappa shape index (κ1) is 12.7. The SMILES string of the molecule is CCC(CC)NC(=O)[C@H]1CNc2ccccc2O1. The van der Waals surface area contributed by atoms with E-state index in [1.807, 2.05) is 24.3 Å². The van der Waals surface area contributed by atoms with Crippen LogP contribution >= 0.6 is 0 Å². The molecule has 0 saturated heterocycles. The van der Waals surface area contributed by atoms with Gasteiger partial charge in [-0.3, -0.25) is 4.79 Å². The number of hydrogen-bond acceptors (Lipinski definition) is 3. The molecule has 0 aromatic heterocycles. The lowest BCUT2D eigenvalue weighted by molar-refractivity contribution is -0.128. The zero-order chi connectivity index (χ0) is 13.0. The topological polar surface area (TPSA) is 50.4 Å². The Bertz CT molecular complexity index is 416. The van der Waals surface area contributed by atoms with E-state index in [0.717, 1.165) is 24.3 Å². The molecule has 0 radical (unpaired) electrons. The fourth-order valence-corrected chi connectivity index (χ4v) is 2.05. The third-order valence-electron chi connectivity index (χ3n) is 3.26. The van der Waals surface area contributed by atoms with Gasteiger partial charge in [0.25, 0.3) is 5.91 Å². The van der Waals surface area contributed by atoms with Crippen LogP contribution in [0.4, 0.5) is 5.69 Å². The Hall–Kier alpha value is -1.71. The molecule has 0 spiro atoms. The van der Waals surface area contributed by atoms with Crippen molar-refractivity contribution in [1.29, 1.82) is 0 Å². The molecule has 1 aromatic rings. The Morgan fingerprint density at radius 2 is 2.17 bits per heavy atom. The summed E-state index contributed by atoms with van der Waals surface area (Å²) in [4.78, 5) is 12.1. The number of benzene rings is 1. The molecule has 2 rings (SSSR count). The number of carbonyl (C=O) groups is 1. The molecule has 1 amide bonds. The van der Waals surface area contributed by atoms with Gasteiger partial charge < -0.3 is 15.4 Å². The Morgan fingerprint density at radius 3 is 2.89 bits per heavy atom. The Kier molecular flexibility index (Phi) is 4.07. The summed E-state index contributed by atoms with van der Waals surface area (Å²) < 4.78 is 5.71. The highest BCUT2D eigenvalue weighted by molar-refractivity contribution is 5.83. The molecule has 0 bridgehead atoms. The minimum Gasteiger partial charge on any atom is -0.477 e. The standard InChI is InChI=1S/C14H20N2O2/c1-3-10(4-2)16-14(17)13-9-15-11-7-5-6-8-12(11)18-13/h5-8,10,13,15H,3-4,9H2,1-2H3,(H,16,17)/t13-/m1/s1. The molecule has 4 nitrogen and oxygen atoms in total. The van der Waals surface area contributed by atoms with Crippen molar-refractivity contribution in [2.24, 2.45) is 0 Å². The maximum Gasteiger partial charge on any atom is 0.263 e. The van der Waals surface area contributed by atoms with Crippen molar-refractivity contribution >= 4 is 11.6 Å². The van der Waals surface area contributed by atoms with E-state index >= 15 is 0 Å². The molecule has 0 saturated carbocycles. The van der Waals surface area contributed by atoms with Crippen molar-refractivity contribution in [2.45, 2.75) is 38.8 Å². The largest absolute Gasteiger partial charge is 0.477 e. The minimum absolute atomic E-state index is 0.0364. The number of ether oxygens (including phenoxy) is 1. The van der Waals surface area contributed by atoms with E-state index in [2.05, 4.69) is 24.5 Å². The van der Waals surface area contributed by atoms with Gasteiger partial charge in [-0.05, 0) is 25.0 Å². The van der Waals surface area contributed by atoms with Gasteiger partial charge in [0.05, 0.1) is 12.2 Å². The second-order valence-electron chi connectivity index (χ2n) is 4.51. The van der Waals surface area contributed by atoms with Crippen LogP contribution in [0, 0.1) is 0 Å². The monoisotopic (exact) mass is 248 g/mol. The molecule has 0 unspecified atom stereocenters. The van der Waals surface area contributed by atoms with Gasteiger partial charge >= 0.3 is 0 Å². The second-order valence-corrected chi connectivity index (χ2v) is 4.51. The van der Waals surface area contributed by atoms with Crippen molar-refractivity contribution in [3.8, 4) is 5.75 Å². The van der Waals surface area contributed by atoms with E-state index in [-0.39, 0.29) is 11.9 Å². The van der Waals surface area contributed by atoms with Gasteiger partial charge in [0.15, 0.2) is 6.10 Å². The van der Waals surface area contributed by atoms with Crippen molar-refractivity contribution in [2.75, 3.05) is 11.9 Å². The lowest BCUT2D eigenvalue weighted by Crippen LogP contribution is -2.47. The van der Waals surface area contributed by atoms with Crippen molar-refractivity contribution in [3.63, 3.8) is 0 Å². The lowest BCUT2D eigenvalue weighted by atomic mass is 10.1. The first-order valence-electron chi connectivity index (χ1n) is 6.54. The van der Waals surface area contributed by atoms with Gasteiger partial charge in [0.1, 0.15) is 5.75 Å². The van der Waals surface area contributed by atoms with Crippen molar-refractivity contribution < 1.29 is 9.53 Å². The summed E-state index contributed by atoms with van der Waals surface area (Å²) in [7, 11) is 0. The van der Waals surface area contributed by atoms with Gasteiger partial charge in [-0.1, -0.05) is 26.0 Å². The molecule has 4 heteroatoms. The zero-order valence-corrected chi connectivity index (χ0v) is 10.9. The Morgan fingerprint density at radius 1 is 1.44 bits per heavy atom. The molecule has 0 aliphatic carbocycles. The average Bonchev–Trinajstić information content (AvgIpc) is 2.44. The third-order valence-corrected chi connectivity index (χ3v) is 3.26. The molecule has 1 aromatic carbocycles. The molecule has 1 aliphatic rings.